The van der Waals surface area contributed by atoms with Crippen LogP contribution < -0.4 is 0 Å². The van der Waals surface area contributed by atoms with E-state index < -0.39 is 0 Å². The van der Waals surface area contributed by atoms with Crippen LogP contribution in [-0.2, 0) is 11.8 Å². The summed E-state index contributed by atoms with van der Waals surface area (Å²) in [7, 11) is 0. The third-order valence-corrected chi connectivity index (χ3v) is 12.8. The number of nitrogens with zero attached hydrogens (tertiary/aromatic N) is 2. The summed E-state index contributed by atoms with van der Waals surface area (Å²) in [6.45, 7) is 13.3. The molecule has 10 aromatic rings. The zero-order valence-corrected chi connectivity index (χ0v) is 35.2. The molecule has 61 heavy (non-hydrogen) atoms. The number of benzene rings is 5. The average Bonchev–Trinajstić information content (AvgIpc) is 3.93. The van der Waals surface area contributed by atoms with Crippen molar-refractivity contribution < 1.29 is 10.2 Å². The highest BCUT2D eigenvalue weighted by atomic mass is 16.3. The second-order valence-corrected chi connectivity index (χ2v) is 18.7. The maximum atomic E-state index is 12.4. The Bertz CT molecular complexity index is 3610. The number of pyridine rings is 2. The Morgan fingerprint density at radius 3 is 1.66 bits per heavy atom. The predicted molar refractivity (Wildman–Crippen MR) is 256 cm³/mol. The van der Waals surface area contributed by atoms with Gasteiger partial charge in [-0.25, -0.2) is 9.97 Å². The molecular weight excluding hydrogens is 749 g/mol. The third-order valence-electron chi connectivity index (χ3n) is 12.8. The molecule has 298 valence electrons. The van der Waals surface area contributed by atoms with E-state index in [4.69, 9.17) is 9.97 Å². The van der Waals surface area contributed by atoms with Crippen molar-refractivity contribution in [3.05, 3.63) is 150 Å². The van der Waals surface area contributed by atoms with Crippen LogP contribution in [0.25, 0.3) is 104 Å². The van der Waals surface area contributed by atoms with Gasteiger partial charge in [0.05, 0.1) is 22.1 Å². The van der Waals surface area contributed by atoms with Crippen molar-refractivity contribution in [3.63, 3.8) is 0 Å². The highest BCUT2D eigenvalue weighted by molar-refractivity contribution is 6.18. The highest BCUT2D eigenvalue weighted by Gasteiger charge is 2.26. The number of phenolic OH excluding ortho intramolecular Hbond substituents is 1. The molecule has 1 aliphatic carbocycles. The van der Waals surface area contributed by atoms with Gasteiger partial charge in [0, 0.05) is 65.9 Å². The molecule has 0 atom stereocenters. The third kappa shape index (κ3) is 5.92. The average molecular weight is 795 g/mol. The van der Waals surface area contributed by atoms with Gasteiger partial charge in [-0.15, -0.1) is 0 Å². The van der Waals surface area contributed by atoms with Crippen LogP contribution in [0.15, 0.2) is 133 Å². The Morgan fingerprint density at radius 1 is 0.475 bits per heavy atom. The van der Waals surface area contributed by atoms with Crippen molar-refractivity contribution in [2.24, 2.45) is 5.41 Å². The topological polar surface area (TPSA) is 97.8 Å². The van der Waals surface area contributed by atoms with E-state index >= 15 is 0 Å². The van der Waals surface area contributed by atoms with Gasteiger partial charge in [0.1, 0.15) is 11.5 Å². The monoisotopic (exact) mass is 794 g/mol. The number of aromatic amines is 2. The van der Waals surface area contributed by atoms with E-state index in [0.717, 1.165) is 93.2 Å². The Morgan fingerprint density at radius 2 is 1.02 bits per heavy atom. The number of allylic oxidation sites excluding steroid dienone is 1. The Labute approximate surface area is 353 Å². The molecule has 11 rings (SSSR count). The molecule has 5 heterocycles. The van der Waals surface area contributed by atoms with Gasteiger partial charge < -0.3 is 20.2 Å². The maximum Gasteiger partial charge on any atom is 0.134 e. The van der Waals surface area contributed by atoms with E-state index in [-0.39, 0.29) is 22.3 Å². The molecule has 5 aromatic heterocycles. The van der Waals surface area contributed by atoms with Crippen molar-refractivity contribution in [1.29, 1.82) is 0 Å². The number of hydrogen-bond acceptors (Lipinski definition) is 4. The molecule has 4 N–H and O–H groups in total. The molecular formula is C55H46N4O2. The first kappa shape index (κ1) is 36.9. The van der Waals surface area contributed by atoms with Gasteiger partial charge in [-0.2, -0.15) is 0 Å². The molecule has 0 amide bonds. The molecule has 0 spiro atoms. The largest absolute Gasteiger partial charge is 0.507 e. The van der Waals surface area contributed by atoms with Crippen LogP contribution in [0.5, 0.6) is 11.5 Å². The van der Waals surface area contributed by atoms with Crippen molar-refractivity contribution in [3.8, 4) is 22.6 Å². The zero-order valence-electron chi connectivity index (χ0n) is 35.2. The van der Waals surface area contributed by atoms with Crippen LogP contribution in [0.1, 0.15) is 58.2 Å². The van der Waals surface area contributed by atoms with Crippen molar-refractivity contribution in [2.45, 2.75) is 53.4 Å². The first-order chi connectivity index (χ1) is 29.3. The molecule has 0 saturated heterocycles. The minimum absolute atomic E-state index is 0.153. The number of hydrogen-bond donors (Lipinski definition) is 4. The lowest BCUT2D eigenvalue weighted by Crippen LogP contribution is -2.14. The summed E-state index contributed by atoms with van der Waals surface area (Å²) in [5.74, 6) is 0.357. The smallest absolute Gasteiger partial charge is 0.134 e. The van der Waals surface area contributed by atoms with E-state index in [1.165, 1.54) is 5.57 Å². The fourth-order valence-electron chi connectivity index (χ4n) is 9.28. The summed E-state index contributed by atoms with van der Waals surface area (Å²) >= 11 is 0. The standard InChI is InChI=1S/C55H46N4O2/c1-54(2,3)34-26-38-42-21-23-46(56-42)49(48-36-13-9-7-11-32(36)25-33-12-8-10-14-37(33)48)47-24-22-43(57-47)39-27-35(55(4,5)6)29-41(53(39)61)45-20-18-31-16-15-30-17-19-44(40(28-34)52(38)60)58-50(30)51(31)59-45/h7-28,56-57,60-61H,29H2,1-6H3. The SMILES string of the molecule is CC(C)(C)C1=Cc2c(O)c(c3ccc4ccc5ccc(nc5c4n3)c3cc(C(C)(C)C)cc(c3O)c3ccc([nH]3)c(-c3c4ccccc4cc4ccccc34)c3ccc2[nH]3)C1. The summed E-state index contributed by atoms with van der Waals surface area (Å²) in [5.41, 5.74) is 11.6. The Kier molecular flexibility index (Phi) is 7.95. The summed E-state index contributed by atoms with van der Waals surface area (Å²) < 4.78 is 0. The van der Waals surface area contributed by atoms with Crippen LogP contribution in [-0.4, -0.2) is 30.1 Å². The summed E-state index contributed by atoms with van der Waals surface area (Å²) in [4.78, 5) is 18.3. The van der Waals surface area contributed by atoms with Gasteiger partial charge in [0.15, 0.2) is 0 Å². The highest BCUT2D eigenvalue weighted by Crippen LogP contribution is 2.44. The molecule has 12 bridgehead atoms. The fourth-order valence-corrected chi connectivity index (χ4v) is 9.28. The van der Waals surface area contributed by atoms with Crippen LogP contribution in [0, 0.1) is 5.41 Å². The molecule has 0 radical (unpaired) electrons. The fraction of sp³-hybridized carbons (Fsp3) is 0.164. The van der Waals surface area contributed by atoms with E-state index in [2.05, 4.69) is 173 Å². The number of H-pyrrole nitrogens is 2. The molecule has 0 aliphatic heterocycles. The lowest BCUT2D eigenvalue weighted by Gasteiger charge is -2.27. The number of aromatic nitrogens is 4. The molecule has 5 aromatic carbocycles. The molecule has 1 aliphatic rings. The minimum atomic E-state index is -0.229. The van der Waals surface area contributed by atoms with E-state index in [9.17, 15) is 10.2 Å². The van der Waals surface area contributed by atoms with Gasteiger partial charge in [0.2, 0.25) is 0 Å². The molecule has 6 heteroatoms. The summed E-state index contributed by atoms with van der Waals surface area (Å²) in [5, 5.41) is 32.6. The molecule has 0 saturated carbocycles. The van der Waals surface area contributed by atoms with Crippen molar-refractivity contribution in [1.82, 2.24) is 19.9 Å². The van der Waals surface area contributed by atoms with Crippen LogP contribution in [0.3, 0.4) is 0 Å². The van der Waals surface area contributed by atoms with Crippen LogP contribution in [0.4, 0.5) is 0 Å². The second-order valence-electron chi connectivity index (χ2n) is 18.7. The predicted octanol–water partition coefficient (Wildman–Crippen LogP) is 14.4. The summed E-state index contributed by atoms with van der Waals surface area (Å²) in [6.07, 6.45) is 2.71. The second kappa shape index (κ2) is 13.2. The first-order valence-electron chi connectivity index (χ1n) is 21.1. The van der Waals surface area contributed by atoms with Gasteiger partial charge in [0.25, 0.3) is 0 Å². The molecule has 0 unspecified atom stereocenters. The molecule has 6 nitrogen and oxygen atoms in total. The molecule has 0 fully saturated rings. The quantitative estimate of drug-likeness (QED) is 0.0982. The van der Waals surface area contributed by atoms with E-state index in [1.54, 1.807) is 0 Å². The lowest BCUT2D eigenvalue weighted by atomic mass is 9.79. The Hall–Kier alpha value is -7.18. The van der Waals surface area contributed by atoms with Crippen molar-refractivity contribution in [2.75, 3.05) is 0 Å². The maximum absolute atomic E-state index is 12.4. The Balaban J connectivity index is 1.39. The lowest BCUT2D eigenvalue weighted by molar-refractivity contribution is 0.456. The van der Waals surface area contributed by atoms with Gasteiger partial charge in [-0.1, -0.05) is 120 Å². The van der Waals surface area contributed by atoms with Crippen molar-refractivity contribution >= 4 is 93.3 Å². The number of fused-ring (bicyclic) bond motifs is 16. The zero-order chi connectivity index (χ0) is 41.9. The summed E-state index contributed by atoms with van der Waals surface area (Å²) in [6, 6.07) is 44.2. The normalized spacial score (nSPS) is 13.2. The van der Waals surface area contributed by atoms with Gasteiger partial charge >= 0.3 is 0 Å². The van der Waals surface area contributed by atoms with Gasteiger partial charge in [-0.3, -0.25) is 0 Å². The first-order valence-corrected chi connectivity index (χ1v) is 21.1. The number of rotatable bonds is 1. The van der Waals surface area contributed by atoms with E-state index in [1.807, 2.05) is 12.1 Å². The number of aromatic hydroxyl groups is 2. The van der Waals surface area contributed by atoms with E-state index in [0.29, 0.717) is 28.2 Å². The number of nitrogens with one attached hydrogen (secondary N) is 2. The van der Waals surface area contributed by atoms with Gasteiger partial charge in [-0.05, 0) is 105 Å². The minimum Gasteiger partial charge on any atom is -0.507 e. The number of phenols is 1. The van der Waals surface area contributed by atoms with Crippen LogP contribution >= 0.6 is 0 Å². The van der Waals surface area contributed by atoms with Crippen LogP contribution in [0.2, 0.25) is 0 Å².